The third-order valence-electron chi connectivity index (χ3n) is 6.67. The molecule has 12 nitrogen and oxygen atoms in total. The number of anilines is 2. The molecule has 3 N–H and O–H groups in total. The topological polar surface area (TPSA) is 161 Å². The molecule has 3 amide bonds. The molecule has 248 valence electrons. The number of ether oxygens (including phenoxy) is 4. The fraction of sp³-hybridized carbons (Fsp3) is 0.250. The quantitative estimate of drug-likeness (QED) is 0.148. The van der Waals surface area contributed by atoms with E-state index in [2.05, 4.69) is 22.0 Å². The Bertz CT molecular complexity index is 1810. The molecule has 0 saturated carbocycles. The standard InChI is InChI=1S/C36H37N5O7/c1-36(2,3)48-35(44)38-18-17-31(42)39-25-14-9-13-24(19-25)26-20-28(32-29(46-5)15-10-16-30(32)47-22-45-4)40-33(27(26)21-37)41-34(43)23-11-7-6-8-12-23/h6-16,19-20H,17-18,22H2,1-5H3,(H,38,44)(H,39,42)(H,40,41,43). The molecular formula is C36H37N5O7. The van der Waals surface area contributed by atoms with Crippen LogP contribution >= 0.6 is 0 Å². The molecule has 0 radical (unpaired) electrons. The average molecular weight is 652 g/mol. The zero-order valence-corrected chi connectivity index (χ0v) is 27.4. The molecule has 0 aliphatic heterocycles. The van der Waals surface area contributed by atoms with Crippen molar-refractivity contribution in [1.29, 1.82) is 5.26 Å². The normalized spacial score (nSPS) is 10.8. The van der Waals surface area contributed by atoms with Crippen LogP contribution < -0.4 is 25.4 Å². The second kappa shape index (κ2) is 16.1. The summed E-state index contributed by atoms with van der Waals surface area (Å²) >= 11 is 0. The molecule has 0 aliphatic carbocycles. The van der Waals surface area contributed by atoms with Crippen LogP contribution in [0.5, 0.6) is 11.5 Å². The number of methoxy groups -OCH3 is 2. The maximum absolute atomic E-state index is 13.3. The summed E-state index contributed by atoms with van der Waals surface area (Å²) < 4.78 is 21.8. The predicted octanol–water partition coefficient (Wildman–Crippen LogP) is 6.38. The number of carbonyl (C=O) groups is 3. The van der Waals surface area contributed by atoms with Crippen LogP contribution in [0.15, 0.2) is 78.9 Å². The molecule has 0 saturated heterocycles. The van der Waals surface area contributed by atoms with Gasteiger partial charge in [-0.05, 0) is 68.8 Å². The van der Waals surface area contributed by atoms with Crippen molar-refractivity contribution in [2.75, 3.05) is 38.2 Å². The summed E-state index contributed by atoms with van der Waals surface area (Å²) in [5.74, 6) is 0.0578. The largest absolute Gasteiger partial charge is 0.496 e. The predicted molar refractivity (Wildman–Crippen MR) is 181 cm³/mol. The van der Waals surface area contributed by atoms with E-state index >= 15 is 0 Å². The highest BCUT2D eigenvalue weighted by molar-refractivity contribution is 6.05. The SMILES string of the molecule is COCOc1cccc(OC)c1-c1cc(-c2cccc(NC(=O)CCNC(=O)OC(C)(C)C)c2)c(C#N)c(NC(=O)c2ccccc2)n1. The summed E-state index contributed by atoms with van der Waals surface area (Å²) in [6.45, 7) is 5.28. The van der Waals surface area contributed by atoms with Crippen molar-refractivity contribution in [2.24, 2.45) is 0 Å². The lowest BCUT2D eigenvalue weighted by atomic mass is 9.97. The van der Waals surface area contributed by atoms with Gasteiger partial charge in [0.05, 0.1) is 18.4 Å². The van der Waals surface area contributed by atoms with Crippen LogP contribution in [0.1, 0.15) is 43.1 Å². The Morgan fingerprint density at radius 2 is 1.62 bits per heavy atom. The van der Waals surface area contributed by atoms with Gasteiger partial charge in [0.2, 0.25) is 5.91 Å². The van der Waals surface area contributed by atoms with Crippen LogP contribution in [0.3, 0.4) is 0 Å². The number of nitriles is 1. The van der Waals surface area contributed by atoms with E-state index in [4.69, 9.17) is 23.9 Å². The molecule has 0 fully saturated rings. The fourth-order valence-corrected chi connectivity index (χ4v) is 4.63. The number of pyridine rings is 1. The monoisotopic (exact) mass is 651 g/mol. The Morgan fingerprint density at radius 1 is 0.896 bits per heavy atom. The van der Waals surface area contributed by atoms with Gasteiger partial charge in [-0.3, -0.25) is 9.59 Å². The molecule has 4 rings (SSSR count). The van der Waals surface area contributed by atoms with Gasteiger partial charge in [0.15, 0.2) is 12.6 Å². The summed E-state index contributed by atoms with van der Waals surface area (Å²) in [5.41, 5.74) is 2.08. The lowest BCUT2D eigenvalue weighted by Crippen LogP contribution is -2.34. The highest BCUT2D eigenvalue weighted by Gasteiger charge is 2.22. The molecule has 1 aromatic heterocycles. The van der Waals surface area contributed by atoms with Crippen molar-refractivity contribution < 1.29 is 33.3 Å². The summed E-state index contributed by atoms with van der Waals surface area (Å²) in [7, 11) is 3.01. The molecule has 0 unspecified atom stereocenters. The van der Waals surface area contributed by atoms with Crippen molar-refractivity contribution in [3.05, 3.63) is 90.0 Å². The summed E-state index contributed by atoms with van der Waals surface area (Å²) in [5, 5.41) is 18.6. The number of rotatable bonds is 12. The lowest BCUT2D eigenvalue weighted by Gasteiger charge is -2.19. The van der Waals surface area contributed by atoms with Gasteiger partial charge in [-0.1, -0.05) is 36.4 Å². The van der Waals surface area contributed by atoms with Gasteiger partial charge in [0.25, 0.3) is 5.91 Å². The van der Waals surface area contributed by atoms with Crippen molar-refractivity contribution in [3.63, 3.8) is 0 Å². The van der Waals surface area contributed by atoms with E-state index in [0.29, 0.717) is 45.1 Å². The molecular weight excluding hydrogens is 614 g/mol. The number of hydrogen-bond acceptors (Lipinski definition) is 9. The molecule has 48 heavy (non-hydrogen) atoms. The Morgan fingerprint density at radius 3 is 2.31 bits per heavy atom. The fourth-order valence-electron chi connectivity index (χ4n) is 4.63. The second-order valence-electron chi connectivity index (χ2n) is 11.4. The van der Waals surface area contributed by atoms with Crippen LogP contribution in [0.4, 0.5) is 16.3 Å². The molecule has 4 aromatic rings. The summed E-state index contributed by atoms with van der Waals surface area (Å²) in [6.07, 6.45) is -0.615. The zero-order chi connectivity index (χ0) is 34.7. The van der Waals surface area contributed by atoms with E-state index < -0.39 is 17.6 Å². The van der Waals surface area contributed by atoms with Crippen molar-refractivity contribution in [1.82, 2.24) is 10.3 Å². The van der Waals surface area contributed by atoms with E-state index in [9.17, 15) is 19.6 Å². The molecule has 0 spiro atoms. The minimum Gasteiger partial charge on any atom is -0.496 e. The van der Waals surface area contributed by atoms with E-state index in [0.717, 1.165) is 0 Å². The number of benzene rings is 3. The summed E-state index contributed by atoms with van der Waals surface area (Å²) in [4.78, 5) is 42.7. The maximum atomic E-state index is 13.3. The van der Waals surface area contributed by atoms with Gasteiger partial charge < -0.3 is 34.9 Å². The number of carbonyl (C=O) groups excluding carboxylic acids is 3. The molecule has 12 heteroatoms. The average Bonchev–Trinajstić information content (AvgIpc) is 3.06. The van der Waals surface area contributed by atoms with Crippen LogP contribution in [-0.4, -0.2) is 56.0 Å². The van der Waals surface area contributed by atoms with Gasteiger partial charge in [0, 0.05) is 36.9 Å². The van der Waals surface area contributed by atoms with Crippen molar-refractivity contribution >= 4 is 29.4 Å². The minimum atomic E-state index is -0.656. The Balaban J connectivity index is 1.73. The molecule has 3 aromatic carbocycles. The number of alkyl carbamates (subject to hydrolysis) is 1. The summed E-state index contributed by atoms with van der Waals surface area (Å²) in [6, 6.07) is 24.6. The van der Waals surface area contributed by atoms with Crippen LogP contribution in [0, 0.1) is 11.3 Å². The highest BCUT2D eigenvalue weighted by Crippen LogP contribution is 2.41. The van der Waals surface area contributed by atoms with E-state index in [1.54, 1.807) is 99.6 Å². The molecule has 1 heterocycles. The Kier molecular flexibility index (Phi) is 11.7. The van der Waals surface area contributed by atoms with Crippen molar-refractivity contribution in [2.45, 2.75) is 32.8 Å². The first-order chi connectivity index (χ1) is 23.0. The number of nitrogens with zero attached hydrogens (tertiary/aromatic N) is 2. The number of nitrogens with one attached hydrogen (secondary N) is 3. The second-order valence-corrected chi connectivity index (χ2v) is 11.4. The maximum Gasteiger partial charge on any atom is 0.407 e. The van der Waals surface area contributed by atoms with E-state index in [1.807, 2.05) is 0 Å². The molecule has 0 aliphatic rings. The Labute approximate surface area is 279 Å². The number of aromatic nitrogens is 1. The smallest absolute Gasteiger partial charge is 0.407 e. The number of hydrogen-bond donors (Lipinski definition) is 3. The highest BCUT2D eigenvalue weighted by atomic mass is 16.7. The van der Waals surface area contributed by atoms with Crippen LogP contribution in [0.2, 0.25) is 0 Å². The Hall–Kier alpha value is -5.93. The molecule has 0 bridgehead atoms. The van der Waals surface area contributed by atoms with Crippen LogP contribution in [0.25, 0.3) is 22.4 Å². The third kappa shape index (κ3) is 9.31. The minimum absolute atomic E-state index is 0.0000395. The molecule has 0 atom stereocenters. The first-order valence-corrected chi connectivity index (χ1v) is 15.0. The van der Waals surface area contributed by atoms with Gasteiger partial charge in [-0.25, -0.2) is 9.78 Å². The van der Waals surface area contributed by atoms with Gasteiger partial charge >= 0.3 is 6.09 Å². The first kappa shape index (κ1) is 34.9. The lowest BCUT2D eigenvalue weighted by molar-refractivity contribution is -0.116. The van der Waals surface area contributed by atoms with Crippen molar-refractivity contribution in [3.8, 4) is 40.0 Å². The third-order valence-corrected chi connectivity index (χ3v) is 6.67. The van der Waals surface area contributed by atoms with E-state index in [-0.39, 0.29) is 37.0 Å². The van der Waals surface area contributed by atoms with Crippen LogP contribution in [-0.2, 0) is 14.3 Å². The van der Waals surface area contributed by atoms with Gasteiger partial charge in [-0.15, -0.1) is 0 Å². The van der Waals surface area contributed by atoms with Gasteiger partial charge in [-0.2, -0.15) is 5.26 Å². The zero-order valence-electron chi connectivity index (χ0n) is 27.4. The first-order valence-electron chi connectivity index (χ1n) is 15.0. The van der Waals surface area contributed by atoms with E-state index in [1.165, 1.54) is 14.2 Å². The van der Waals surface area contributed by atoms with Gasteiger partial charge in [0.1, 0.15) is 28.7 Å². The number of amides is 3.